The Kier molecular flexibility index (Phi) is 3.70. The third-order valence-corrected chi connectivity index (χ3v) is 4.66. The highest BCUT2D eigenvalue weighted by atomic mass is 16.5. The lowest BCUT2D eigenvalue weighted by Gasteiger charge is -2.23. The van der Waals surface area contributed by atoms with Crippen LogP contribution in [-0.4, -0.2) is 10.1 Å². The fraction of sp³-hybridized carbons (Fsp3) is 0.529. The van der Waals surface area contributed by atoms with Crippen LogP contribution in [0.5, 0.6) is 0 Å². The summed E-state index contributed by atoms with van der Waals surface area (Å²) in [7, 11) is 0. The molecule has 4 nitrogen and oxygen atoms in total. The summed E-state index contributed by atoms with van der Waals surface area (Å²) in [5.41, 5.74) is 9.93. The van der Waals surface area contributed by atoms with Crippen molar-refractivity contribution >= 4 is 5.69 Å². The third-order valence-electron chi connectivity index (χ3n) is 4.66. The monoisotopic (exact) mass is 285 g/mol. The minimum atomic E-state index is 0.439. The van der Waals surface area contributed by atoms with E-state index in [0.29, 0.717) is 11.8 Å². The average Bonchev–Trinajstić information content (AvgIpc) is 2.92. The van der Waals surface area contributed by atoms with E-state index < -0.39 is 0 Å². The van der Waals surface area contributed by atoms with Gasteiger partial charge in [-0.05, 0) is 55.9 Å². The van der Waals surface area contributed by atoms with Gasteiger partial charge in [0.15, 0.2) is 5.82 Å². The molecule has 0 saturated heterocycles. The number of aryl methyl sites for hydroxylation is 1. The molecule has 1 saturated carbocycles. The zero-order valence-electron chi connectivity index (χ0n) is 13.0. The second kappa shape index (κ2) is 5.51. The zero-order valence-corrected chi connectivity index (χ0v) is 13.0. The molecule has 1 aliphatic rings. The number of hydrogen-bond acceptors (Lipinski definition) is 4. The van der Waals surface area contributed by atoms with Crippen molar-refractivity contribution in [1.82, 2.24) is 10.1 Å². The standard InChI is InChI=1S/C17H23N3O/c1-10-5-4-6-13(7-10)16-19-17(21-20-16)15-9-14(18)8-11(2)12(15)3/h8-10,13H,4-7,18H2,1-3H3. The molecular weight excluding hydrogens is 262 g/mol. The first-order chi connectivity index (χ1) is 10.0. The van der Waals surface area contributed by atoms with E-state index >= 15 is 0 Å². The SMILES string of the molecule is Cc1cc(N)cc(-c2nc(C3CCCC(C)C3)no2)c1C. The molecule has 1 fully saturated rings. The molecule has 21 heavy (non-hydrogen) atoms. The summed E-state index contributed by atoms with van der Waals surface area (Å²) in [6.07, 6.45) is 4.90. The van der Waals surface area contributed by atoms with Gasteiger partial charge in [-0.1, -0.05) is 24.9 Å². The quantitative estimate of drug-likeness (QED) is 0.839. The lowest BCUT2D eigenvalue weighted by Crippen LogP contribution is -2.12. The minimum absolute atomic E-state index is 0.439. The van der Waals surface area contributed by atoms with Crippen LogP contribution < -0.4 is 5.73 Å². The van der Waals surface area contributed by atoms with E-state index in [0.717, 1.165) is 47.0 Å². The molecule has 1 heterocycles. The number of anilines is 1. The molecule has 0 bridgehead atoms. The topological polar surface area (TPSA) is 64.9 Å². The predicted octanol–water partition coefficient (Wildman–Crippen LogP) is 4.23. The highest BCUT2D eigenvalue weighted by Crippen LogP contribution is 2.36. The van der Waals surface area contributed by atoms with Crippen LogP contribution in [0.15, 0.2) is 16.7 Å². The molecule has 2 aromatic rings. The third kappa shape index (κ3) is 2.80. The largest absolute Gasteiger partial charge is 0.399 e. The Morgan fingerprint density at radius 2 is 2.05 bits per heavy atom. The molecule has 0 aliphatic heterocycles. The van der Waals surface area contributed by atoms with Gasteiger partial charge in [-0.25, -0.2) is 0 Å². The van der Waals surface area contributed by atoms with Crippen LogP contribution in [-0.2, 0) is 0 Å². The molecule has 1 aromatic heterocycles. The van der Waals surface area contributed by atoms with Crippen molar-refractivity contribution in [3.63, 3.8) is 0 Å². The Morgan fingerprint density at radius 1 is 1.24 bits per heavy atom. The van der Waals surface area contributed by atoms with Crippen LogP contribution in [0, 0.1) is 19.8 Å². The molecule has 4 heteroatoms. The van der Waals surface area contributed by atoms with Gasteiger partial charge >= 0.3 is 0 Å². The molecule has 1 aliphatic carbocycles. The minimum Gasteiger partial charge on any atom is -0.399 e. The van der Waals surface area contributed by atoms with Crippen LogP contribution in [0.25, 0.3) is 11.5 Å². The Labute approximate surface area is 125 Å². The molecule has 112 valence electrons. The number of aromatic nitrogens is 2. The summed E-state index contributed by atoms with van der Waals surface area (Å²) in [5.74, 6) is 2.64. The number of nitrogens with zero attached hydrogens (tertiary/aromatic N) is 2. The smallest absolute Gasteiger partial charge is 0.258 e. The first kappa shape index (κ1) is 14.1. The second-order valence-corrected chi connectivity index (χ2v) is 6.44. The number of nitrogens with two attached hydrogens (primary N) is 1. The predicted molar refractivity (Wildman–Crippen MR) is 84.0 cm³/mol. The van der Waals surface area contributed by atoms with Crippen molar-refractivity contribution in [2.45, 2.75) is 52.4 Å². The van der Waals surface area contributed by atoms with Crippen molar-refractivity contribution in [3.05, 3.63) is 29.1 Å². The lowest BCUT2D eigenvalue weighted by atomic mass is 9.82. The van der Waals surface area contributed by atoms with Crippen molar-refractivity contribution in [3.8, 4) is 11.5 Å². The summed E-state index contributed by atoms with van der Waals surface area (Å²) in [6, 6.07) is 3.89. The molecule has 2 N–H and O–H groups in total. The Hall–Kier alpha value is -1.84. The van der Waals surface area contributed by atoms with Gasteiger partial charge in [0.1, 0.15) is 0 Å². The Balaban J connectivity index is 1.91. The van der Waals surface area contributed by atoms with E-state index in [4.69, 9.17) is 10.3 Å². The van der Waals surface area contributed by atoms with Crippen LogP contribution >= 0.6 is 0 Å². The van der Waals surface area contributed by atoms with E-state index in [1.807, 2.05) is 12.1 Å². The first-order valence-electron chi connectivity index (χ1n) is 7.75. The van der Waals surface area contributed by atoms with Crippen molar-refractivity contribution in [1.29, 1.82) is 0 Å². The van der Waals surface area contributed by atoms with Crippen LogP contribution in [0.2, 0.25) is 0 Å². The molecular formula is C17H23N3O. The molecule has 0 spiro atoms. The fourth-order valence-electron chi connectivity index (χ4n) is 3.29. The van der Waals surface area contributed by atoms with Crippen LogP contribution in [0.3, 0.4) is 0 Å². The van der Waals surface area contributed by atoms with E-state index in [9.17, 15) is 0 Å². The lowest BCUT2D eigenvalue weighted by molar-refractivity contribution is 0.324. The van der Waals surface area contributed by atoms with E-state index in [-0.39, 0.29) is 0 Å². The number of benzene rings is 1. The average molecular weight is 285 g/mol. The van der Waals surface area contributed by atoms with Crippen molar-refractivity contribution in [2.75, 3.05) is 5.73 Å². The van der Waals surface area contributed by atoms with Gasteiger partial charge in [0.05, 0.1) is 0 Å². The van der Waals surface area contributed by atoms with Crippen molar-refractivity contribution in [2.24, 2.45) is 5.92 Å². The molecule has 3 rings (SSSR count). The Bertz CT molecular complexity index is 647. The van der Waals surface area contributed by atoms with Gasteiger partial charge < -0.3 is 10.3 Å². The fourth-order valence-corrected chi connectivity index (χ4v) is 3.29. The van der Waals surface area contributed by atoms with Gasteiger partial charge in [0.2, 0.25) is 0 Å². The highest BCUT2D eigenvalue weighted by Gasteiger charge is 2.25. The summed E-state index contributed by atoms with van der Waals surface area (Å²) < 4.78 is 5.51. The van der Waals surface area contributed by atoms with Gasteiger partial charge in [0, 0.05) is 17.2 Å². The van der Waals surface area contributed by atoms with Gasteiger partial charge in [-0.15, -0.1) is 0 Å². The molecule has 0 amide bonds. The normalized spacial score (nSPS) is 22.4. The number of nitrogen functional groups attached to an aromatic ring is 1. The second-order valence-electron chi connectivity index (χ2n) is 6.44. The van der Waals surface area contributed by atoms with E-state index in [1.165, 1.54) is 12.8 Å². The first-order valence-corrected chi connectivity index (χ1v) is 7.75. The van der Waals surface area contributed by atoms with Gasteiger partial charge in [-0.3, -0.25) is 0 Å². The van der Waals surface area contributed by atoms with E-state index in [1.54, 1.807) is 0 Å². The summed E-state index contributed by atoms with van der Waals surface area (Å²) in [6.45, 7) is 6.42. The number of rotatable bonds is 2. The summed E-state index contributed by atoms with van der Waals surface area (Å²) in [4.78, 5) is 4.65. The molecule has 0 radical (unpaired) electrons. The maximum absolute atomic E-state index is 5.94. The molecule has 2 atom stereocenters. The highest BCUT2D eigenvalue weighted by molar-refractivity contribution is 5.66. The maximum Gasteiger partial charge on any atom is 0.258 e. The van der Waals surface area contributed by atoms with Crippen molar-refractivity contribution < 1.29 is 4.52 Å². The zero-order chi connectivity index (χ0) is 15.0. The van der Waals surface area contributed by atoms with Crippen LogP contribution in [0.4, 0.5) is 5.69 Å². The van der Waals surface area contributed by atoms with E-state index in [2.05, 4.69) is 30.9 Å². The van der Waals surface area contributed by atoms with Gasteiger partial charge in [-0.2, -0.15) is 4.98 Å². The molecule has 2 unspecified atom stereocenters. The maximum atomic E-state index is 5.94. The Morgan fingerprint density at radius 3 is 2.81 bits per heavy atom. The van der Waals surface area contributed by atoms with Crippen LogP contribution in [0.1, 0.15) is 55.5 Å². The van der Waals surface area contributed by atoms with Gasteiger partial charge in [0.25, 0.3) is 5.89 Å². The summed E-state index contributed by atoms with van der Waals surface area (Å²) >= 11 is 0. The number of hydrogen-bond donors (Lipinski definition) is 1. The molecule has 1 aromatic carbocycles. The summed E-state index contributed by atoms with van der Waals surface area (Å²) in [5, 5.41) is 4.22.